The number of benzene rings is 3. The van der Waals surface area contributed by atoms with E-state index in [0.29, 0.717) is 5.56 Å². The number of hydrogen-bond donors (Lipinski definition) is 4. The first kappa shape index (κ1) is 31.4. The monoisotopic (exact) mass is 612 g/mol. The highest BCUT2D eigenvalue weighted by Gasteiger charge is 2.39. The van der Waals surface area contributed by atoms with Crippen LogP contribution in [0.25, 0.3) is 11.0 Å². The van der Waals surface area contributed by atoms with Gasteiger partial charge in [0.1, 0.15) is 11.6 Å². The molecule has 0 radical (unpaired) electrons. The van der Waals surface area contributed by atoms with Crippen LogP contribution in [-0.4, -0.2) is 65.3 Å². The van der Waals surface area contributed by atoms with Crippen molar-refractivity contribution in [2.75, 3.05) is 19.5 Å². The third-order valence-corrected chi connectivity index (χ3v) is 6.31. The Labute approximate surface area is 253 Å². The average molecular weight is 613 g/mol. The number of ketones is 2. The Morgan fingerprint density at radius 2 is 1.58 bits per heavy atom. The molecule has 4 aromatic rings. The van der Waals surface area contributed by atoms with Crippen molar-refractivity contribution in [2.45, 2.75) is 5.92 Å². The summed E-state index contributed by atoms with van der Waals surface area (Å²) in [5.74, 6) is -7.45. The van der Waals surface area contributed by atoms with Gasteiger partial charge in [0, 0.05) is 11.1 Å². The summed E-state index contributed by atoms with van der Waals surface area (Å²) in [5, 5.41) is 5.80. The first-order valence-electron chi connectivity index (χ1n) is 12.9. The third kappa shape index (κ3) is 6.94. The average Bonchev–Trinajstić information content (AvgIpc) is 3.05. The molecule has 0 fully saturated rings. The van der Waals surface area contributed by atoms with Crippen molar-refractivity contribution in [2.24, 2.45) is 10.8 Å². The molecule has 3 aromatic carbocycles. The number of methoxy groups -OCH3 is 2. The van der Waals surface area contributed by atoms with E-state index in [1.54, 1.807) is 35.8 Å². The largest absolute Gasteiger partial charge is 0.465 e. The Balaban J connectivity index is 1.83. The zero-order valence-electron chi connectivity index (χ0n) is 23.7. The highest BCUT2D eigenvalue weighted by Crippen LogP contribution is 2.22. The summed E-state index contributed by atoms with van der Waals surface area (Å²) in [6.45, 7) is 0. The highest BCUT2D eigenvalue weighted by molar-refractivity contribution is 6.53. The lowest BCUT2D eigenvalue weighted by atomic mass is 9.93. The molecule has 0 saturated heterocycles. The fourth-order valence-electron chi connectivity index (χ4n) is 4.21. The number of H-pyrrole nitrogens is 1. The molecule has 0 aliphatic carbocycles. The summed E-state index contributed by atoms with van der Waals surface area (Å²) in [6, 6.07) is 16.9. The number of anilines is 1. The number of aromatic nitrogens is 2. The molecule has 0 aliphatic rings. The summed E-state index contributed by atoms with van der Waals surface area (Å²) in [7, 11) is 2.05. The van der Waals surface area contributed by atoms with E-state index in [1.807, 2.05) is 0 Å². The van der Waals surface area contributed by atoms with E-state index in [1.165, 1.54) is 42.5 Å². The number of para-hydroxylation sites is 1. The number of fused-ring (bicyclic) bond motifs is 1. The molecule has 0 spiro atoms. The second kappa shape index (κ2) is 13.6. The van der Waals surface area contributed by atoms with Crippen molar-refractivity contribution < 1.29 is 38.2 Å². The van der Waals surface area contributed by atoms with E-state index in [4.69, 9.17) is 10.5 Å². The normalized spacial score (nSPS) is 11.6. The topological polar surface area (TPSA) is 229 Å². The minimum Gasteiger partial charge on any atom is -0.465 e. The lowest BCUT2D eigenvalue weighted by molar-refractivity contribution is -0.136. The molecule has 228 valence electrons. The van der Waals surface area contributed by atoms with Crippen LogP contribution in [0.15, 0.2) is 82.7 Å². The molecule has 0 saturated carbocycles. The molecular formula is C30H24N6O9. The number of nitrogens with two attached hydrogens (primary N) is 1. The van der Waals surface area contributed by atoms with Crippen molar-refractivity contribution in [3.8, 4) is 0 Å². The number of primary amides is 1. The van der Waals surface area contributed by atoms with Crippen molar-refractivity contribution in [3.63, 3.8) is 0 Å². The van der Waals surface area contributed by atoms with Gasteiger partial charge in [-0.15, -0.1) is 0 Å². The van der Waals surface area contributed by atoms with Gasteiger partial charge in [-0.25, -0.2) is 24.8 Å². The second-order valence-corrected chi connectivity index (χ2v) is 9.13. The maximum absolute atomic E-state index is 13.7. The molecule has 4 rings (SSSR count). The van der Waals surface area contributed by atoms with E-state index in [9.17, 15) is 33.6 Å². The van der Waals surface area contributed by atoms with Crippen LogP contribution in [0.2, 0.25) is 0 Å². The molecule has 1 atom stereocenters. The van der Waals surface area contributed by atoms with Crippen LogP contribution in [0.4, 0.5) is 10.5 Å². The van der Waals surface area contributed by atoms with Gasteiger partial charge in [0.15, 0.2) is 11.5 Å². The van der Waals surface area contributed by atoms with Crippen LogP contribution in [0.5, 0.6) is 0 Å². The fraction of sp³-hybridized carbons (Fsp3) is 0.100. The number of aromatic amines is 1. The minimum absolute atomic E-state index is 0.0653. The SMILES string of the molecule is COC(=O)/C(=N\NC(N)=O)C(C(=O)C(=O)Nc1ccccc1C(=O)OC)c1nc2ccc(C(=O)c3ccccc3)cc2[nH]c1=O. The Morgan fingerprint density at radius 3 is 2.24 bits per heavy atom. The third-order valence-electron chi connectivity index (χ3n) is 6.31. The number of Topliss-reactive ketones (excluding diaryl/α,β-unsaturated/α-hetero) is 1. The molecule has 0 aliphatic heterocycles. The van der Waals surface area contributed by atoms with Crippen LogP contribution in [-0.2, 0) is 23.9 Å². The Hall–Kier alpha value is -6.51. The first-order chi connectivity index (χ1) is 21.5. The quantitative estimate of drug-likeness (QED) is 0.0662. The number of rotatable bonds is 10. The number of nitrogens with zero attached hydrogens (tertiary/aromatic N) is 2. The number of nitrogens with one attached hydrogen (secondary N) is 3. The van der Waals surface area contributed by atoms with Gasteiger partial charge in [0.2, 0.25) is 5.78 Å². The van der Waals surface area contributed by atoms with Gasteiger partial charge in [-0.1, -0.05) is 42.5 Å². The highest BCUT2D eigenvalue weighted by atomic mass is 16.5. The van der Waals surface area contributed by atoms with E-state index in [2.05, 4.69) is 25.1 Å². The van der Waals surface area contributed by atoms with Crippen molar-refractivity contribution in [1.29, 1.82) is 0 Å². The van der Waals surface area contributed by atoms with E-state index in [0.717, 1.165) is 14.2 Å². The maximum Gasteiger partial charge on any atom is 0.355 e. The molecule has 1 aromatic heterocycles. The van der Waals surface area contributed by atoms with Gasteiger partial charge in [-0.2, -0.15) is 5.10 Å². The van der Waals surface area contributed by atoms with Crippen LogP contribution < -0.4 is 22.0 Å². The second-order valence-electron chi connectivity index (χ2n) is 9.13. The number of urea groups is 1. The minimum atomic E-state index is -2.15. The number of hydrazone groups is 1. The van der Waals surface area contributed by atoms with Gasteiger partial charge in [0.05, 0.1) is 36.5 Å². The zero-order chi connectivity index (χ0) is 32.7. The standard InChI is InChI=1S/C30H24N6O9/c1-44-28(41)17-10-6-7-11-18(17)33-27(40)25(38)21(23(29(42)45-2)35-36-30(31)43)22-26(39)34-20-14-16(12-13-19(20)32-22)24(37)15-8-4-3-5-9-15/h3-14,21H,1-2H3,(H,33,40)(H,34,39)(H3,31,36,43)/b35-23-. The van der Waals surface area contributed by atoms with Crippen LogP contribution in [0.1, 0.15) is 37.9 Å². The Bertz CT molecular complexity index is 1940. The summed E-state index contributed by atoms with van der Waals surface area (Å²) in [6.07, 6.45) is 0. The molecule has 0 bridgehead atoms. The lowest BCUT2D eigenvalue weighted by Crippen LogP contribution is -2.41. The number of hydrogen-bond acceptors (Lipinski definition) is 11. The summed E-state index contributed by atoms with van der Waals surface area (Å²) in [4.78, 5) is 96.3. The Morgan fingerprint density at radius 1 is 0.889 bits per heavy atom. The number of amides is 3. The van der Waals surface area contributed by atoms with Crippen LogP contribution in [0.3, 0.4) is 0 Å². The molecule has 15 heteroatoms. The molecule has 1 unspecified atom stereocenters. The van der Waals surface area contributed by atoms with Gasteiger partial charge in [0.25, 0.3) is 11.5 Å². The van der Waals surface area contributed by atoms with Gasteiger partial charge in [-0.05, 0) is 30.3 Å². The fourth-order valence-corrected chi connectivity index (χ4v) is 4.21. The van der Waals surface area contributed by atoms with E-state index >= 15 is 0 Å². The summed E-state index contributed by atoms with van der Waals surface area (Å²) < 4.78 is 9.38. The number of ether oxygens (including phenoxy) is 2. The number of carbonyl (C=O) groups excluding carboxylic acids is 6. The number of esters is 2. The first-order valence-corrected chi connectivity index (χ1v) is 12.9. The van der Waals surface area contributed by atoms with Gasteiger partial charge >= 0.3 is 18.0 Å². The molecular weight excluding hydrogens is 588 g/mol. The van der Waals surface area contributed by atoms with Crippen molar-refractivity contribution in [1.82, 2.24) is 15.4 Å². The Kier molecular flexibility index (Phi) is 9.53. The van der Waals surface area contributed by atoms with Crippen molar-refractivity contribution in [3.05, 3.63) is 106 Å². The number of carbonyl (C=O) groups is 6. The predicted molar refractivity (Wildman–Crippen MR) is 159 cm³/mol. The van der Waals surface area contributed by atoms with E-state index < -0.39 is 52.5 Å². The summed E-state index contributed by atoms with van der Waals surface area (Å²) >= 11 is 0. The molecule has 45 heavy (non-hydrogen) atoms. The maximum atomic E-state index is 13.7. The van der Waals surface area contributed by atoms with E-state index in [-0.39, 0.29) is 33.6 Å². The molecule has 15 nitrogen and oxygen atoms in total. The molecule has 3 amide bonds. The zero-order valence-corrected chi connectivity index (χ0v) is 23.7. The van der Waals surface area contributed by atoms with Gasteiger partial charge in [-0.3, -0.25) is 19.2 Å². The van der Waals surface area contributed by atoms with Crippen molar-refractivity contribution >= 4 is 57.9 Å². The molecule has 5 N–H and O–H groups in total. The predicted octanol–water partition coefficient (Wildman–Crippen LogP) is 1.43. The lowest BCUT2D eigenvalue weighted by Gasteiger charge is -2.17. The smallest absolute Gasteiger partial charge is 0.355 e. The summed E-state index contributed by atoms with van der Waals surface area (Å²) in [5.41, 5.74) is 4.79. The van der Waals surface area contributed by atoms with Gasteiger partial charge < -0.3 is 25.5 Å². The molecule has 1 heterocycles. The van der Waals surface area contributed by atoms with Crippen LogP contribution >= 0.6 is 0 Å². The van der Waals surface area contributed by atoms with Crippen LogP contribution in [0, 0.1) is 0 Å².